The molecule has 1 aromatic carbocycles. The lowest BCUT2D eigenvalue weighted by Gasteiger charge is -2.30. The highest BCUT2D eigenvalue weighted by atomic mass is 35.5. The first kappa shape index (κ1) is 25.1. The molecule has 0 spiro atoms. The SMILES string of the molecule is CC(C)OC1(CCc2nc(Cl)nc(NCc3cc(N)cc(CF)c3)c2CNC=O)CCOC1. The molecule has 10 heteroatoms. The second-order valence-electron chi connectivity index (χ2n) is 8.49. The number of aromatic nitrogens is 2. The summed E-state index contributed by atoms with van der Waals surface area (Å²) in [4.78, 5) is 19.8. The van der Waals surface area contributed by atoms with Gasteiger partial charge < -0.3 is 25.8 Å². The molecule has 1 aliphatic heterocycles. The number of nitrogen functional groups attached to an aromatic ring is 1. The molecule has 2 heterocycles. The summed E-state index contributed by atoms with van der Waals surface area (Å²) < 4.78 is 24.9. The smallest absolute Gasteiger partial charge is 0.224 e. The van der Waals surface area contributed by atoms with Gasteiger partial charge in [0.1, 0.15) is 12.5 Å². The van der Waals surface area contributed by atoms with E-state index in [4.69, 9.17) is 26.8 Å². The van der Waals surface area contributed by atoms with Crippen molar-refractivity contribution in [1.82, 2.24) is 15.3 Å². The van der Waals surface area contributed by atoms with Crippen LogP contribution in [-0.4, -0.2) is 41.3 Å². The van der Waals surface area contributed by atoms with Crippen LogP contribution in [0, 0.1) is 0 Å². The van der Waals surface area contributed by atoms with E-state index in [9.17, 15) is 9.18 Å². The molecule has 0 aliphatic carbocycles. The fraction of sp³-hybridized carbons (Fsp3) is 0.522. The topological polar surface area (TPSA) is 111 Å². The number of rotatable bonds is 12. The maximum Gasteiger partial charge on any atom is 0.224 e. The number of amides is 1. The second-order valence-corrected chi connectivity index (χ2v) is 8.83. The lowest BCUT2D eigenvalue weighted by molar-refractivity contribution is -0.109. The molecule has 3 rings (SSSR count). The Labute approximate surface area is 198 Å². The fourth-order valence-corrected chi connectivity index (χ4v) is 4.31. The molecule has 1 saturated heterocycles. The van der Waals surface area contributed by atoms with Crippen LogP contribution in [0.15, 0.2) is 18.2 Å². The van der Waals surface area contributed by atoms with Gasteiger partial charge in [0.15, 0.2) is 0 Å². The number of nitrogens with two attached hydrogens (primary N) is 1. The molecule has 33 heavy (non-hydrogen) atoms. The quantitative estimate of drug-likeness (QED) is 0.242. The molecule has 1 atom stereocenters. The maximum absolute atomic E-state index is 13.1. The Morgan fingerprint density at radius 3 is 2.76 bits per heavy atom. The summed E-state index contributed by atoms with van der Waals surface area (Å²) >= 11 is 6.25. The number of nitrogens with one attached hydrogen (secondary N) is 2. The van der Waals surface area contributed by atoms with Crippen molar-refractivity contribution in [1.29, 1.82) is 0 Å². The number of benzene rings is 1. The first-order chi connectivity index (χ1) is 15.8. The Bertz CT molecular complexity index is 954. The second kappa shape index (κ2) is 11.6. The number of hydrogen-bond donors (Lipinski definition) is 3. The van der Waals surface area contributed by atoms with Crippen LogP contribution in [0.2, 0.25) is 5.28 Å². The Morgan fingerprint density at radius 1 is 1.30 bits per heavy atom. The molecule has 1 unspecified atom stereocenters. The Kier molecular flexibility index (Phi) is 8.82. The van der Waals surface area contributed by atoms with Crippen LogP contribution in [0.4, 0.5) is 15.9 Å². The summed E-state index contributed by atoms with van der Waals surface area (Å²) in [6.07, 6.45) is 2.78. The summed E-state index contributed by atoms with van der Waals surface area (Å²) in [7, 11) is 0. The first-order valence-electron chi connectivity index (χ1n) is 11.0. The van der Waals surface area contributed by atoms with Gasteiger partial charge >= 0.3 is 0 Å². The normalized spacial score (nSPS) is 18.0. The van der Waals surface area contributed by atoms with E-state index in [0.29, 0.717) is 56.1 Å². The average Bonchev–Trinajstić information content (AvgIpc) is 3.22. The van der Waals surface area contributed by atoms with E-state index >= 15 is 0 Å². The molecule has 1 amide bonds. The van der Waals surface area contributed by atoms with Gasteiger partial charge in [-0.2, -0.15) is 0 Å². The van der Waals surface area contributed by atoms with Crippen molar-refractivity contribution in [2.24, 2.45) is 0 Å². The van der Waals surface area contributed by atoms with Crippen LogP contribution in [0.3, 0.4) is 0 Å². The van der Waals surface area contributed by atoms with Crippen molar-refractivity contribution in [3.05, 3.63) is 45.9 Å². The largest absolute Gasteiger partial charge is 0.399 e. The number of ether oxygens (including phenoxy) is 2. The van der Waals surface area contributed by atoms with Gasteiger partial charge in [0, 0.05) is 37.4 Å². The molecule has 8 nitrogen and oxygen atoms in total. The monoisotopic (exact) mass is 479 g/mol. The van der Waals surface area contributed by atoms with E-state index in [-0.39, 0.29) is 23.5 Å². The van der Waals surface area contributed by atoms with Crippen LogP contribution in [0.25, 0.3) is 0 Å². The molecule has 1 fully saturated rings. The molecule has 0 saturated carbocycles. The van der Waals surface area contributed by atoms with E-state index in [0.717, 1.165) is 23.2 Å². The molecule has 0 bridgehead atoms. The number of anilines is 2. The van der Waals surface area contributed by atoms with Crippen molar-refractivity contribution < 1.29 is 18.7 Å². The third-order valence-electron chi connectivity index (χ3n) is 5.49. The van der Waals surface area contributed by atoms with Crippen molar-refractivity contribution >= 4 is 29.5 Å². The van der Waals surface area contributed by atoms with E-state index < -0.39 is 6.67 Å². The number of aryl methyl sites for hydroxylation is 1. The van der Waals surface area contributed by atoms with Gasteiger partial charge in [-0.25, -0.2) is 14.4 Å². The lowest BCUT2D eigenvalue weighted by atomic mass is 9.94. The van der Waals surface area contributed by atoms with Gasteiger partial charge in [-0.1, -0.05) is 6.07 Å². The average molecular weight is 480 g/mol. The minimum atomic E-state index is -0.597. The van der Waals surface area contributed by atoms with Crippen LogP contribution in [-0.2, 0) is 40.5 Å². The van der Waals surface area contributed by atoms with Crippen LogP contribution < -0.4 is 16.4 Å². The van der Waals surface area contributed by atoms with Crippen molar-refractivity contribution in [3.8, 4) is 0 Å². The van der Waals surface area contributed by atoms with Gasteiger partial charge in [0.25, 0.3) is 0 Å². The third-order valence-corrected chi connectivity index (χ3v) is 5.66. The molecule has 2 aromatic rings. The number of carbonyl (C=O) groups excluding carboxylic acids is 1. The third kappa shape index (κ3) is 6.99. The van der Waals surface area contributed by atoms with Crippen molar-refractivity contribution in [3.63, 3.8) is 0 Å². The number of hydrogen-bond acceptors (Lipinski definition) is 7. The Hall–Kier alpha value is -2.49. The van der Waals surface area contributed by atoms with Gasteiger partial charge in [-0.05, 0) is 61.5 Å². The predicted octanol–water partition coefficient (Wildman–Crippen LogP) is 3.56. The summed E-state index contributed by atoms with van der Waals surface area (Å²) in [5, 5.41) is 6.03. The van der Waals surface area contributed by atoms with Gasteiger partial charge in [0.05, 0.1) is 24.0 Å². The minimum absolute atomic E-state index is 0.0710. The molecule has 4 N–H and O–H groups in total. The van der Waals surface area contributed by atoms with E-state index in [2.05, 4.69) is 20.6 Å². The van der Waals surface area contributed by atoms with Gasteiger partial charge in [-0.3, -0.25) is 4.79 Å². The predicted molar refractivity (Wildman–Crippen MR) is 126 cm³/mol. The summed E-state index contributed by atoms with van der Waals surface area (Å²) in [5.41, 5.74) is 8.76. The fourth-order valence-electron chi connectivity index (χ4n) is 4.12. The highest BCUT2D eigenvalue weighted by Gasteiger charge is 2.37. The molecule has 1 aliphatic rings. The zero-order valence-corrected chi connectivity index (χ0v) is 19.8. The molecule has 1 aromatic heterocycles. The summed E-state index contributed by atoms with van der Waals surface area (Å²) in [6, 6.07) is 5.11. The number of nitrogens with zero attached hydrogens (tertiary/aromatic N) is 2. The van der Waals surface area contributed by atoms with Gasteiger partial charge in [0.2, 0.25) is 11.7 Å². The molecular weight excluding hydrogens is 449 g/mol. The van der Waals surface area contributed by atoms with Crippen LogP contribution in [0.5, 0.6) is 0 Å². The maximum atomic E-state index is 13.1. The highest BCUT2D eigenvalue weighted by molar-refractivity contribution is 6.28. The number of halogens is 2. The zero-order valence-electron chi connectivity index (χ0n) is 19.0. The number of carbonyl (C=O) groups is 1. The van der Waals surface area contributed by atoms with Crippen LogP contribution >= 0.6 is 11.6 Å². The lowest BCUT2D eigenvalue weighted by Crippen LogP contribution is -2.36. The highest BCUT2D eigenvalue weighted by Crippen LogP contribution is 2.31. The first-order valence-corrected chi connectivity index (χ1v) is 11.4. The summed E-state index contributed by atoms with van der Waals surface area (Å²) in [5.74, 6) is 0.505. The van der Waals surface area contributed by atoms with E-state index in [1.54, 1.807) is 18.2 Å². The molecular formula is C23H31ClFN5O3. The van der Waals surface area contributed by atoms with Gasteiger partial charge in [-0.15, -0.1) is 0 Å². The minimum Gasteiger partial charge on any atom is -0.399 e. The number of alkyl halides is 1. The summed E-state index contributed by atoms with van der Waals surface area (Å²) in [6.45, 7) is 5.20. The zero-order chi connectivity index (χ0) is 23.8. The Morgan fingerprint density at radius 2 is 2.09 bits per heavy atom. The van der Waals surface area contributed by atoms with E-state index in [1.165, 1.54) is 0 Å². The van der Waals surface area contributed by atoms with Crippen molar-refractivity contribution in [2.75, 3.05) is 24.3 Å². The van der Waals surface area contributed by atoms with E-state index in [1.807, 2.05) is 13.8 Å². The molecule has 180 valence electrons. The standard InChI is InChI=1S/C23H31ClFN5O3/c1-15(2)33-23(5-6-32-13-23)4-3-20-19(12-27-14-31)21(30-22(24)29-20)28-11-17-7-16(10-25)8-18(26)9-17/h7-9,14-15H,3-6,10-13,26H2,1-2H3,(H,27,31)(H,28,29,30). The van der Waals surface area contributed by atoms with Crippen molar-refractivity contribution in [2.45, 2.75) is 64.6 Å². The molecule has 0 radical (unpaired) electrons. The Balaban J connectivity index is 1.83. The van der Waals surface area contributed by atoms with Crippen LogP contribution in [0.1, 0.15) is 49.1 Å².